The van der Waals surface area contributed by atoms with Crippen LogP contribution in [-0.2, 0) is 22.0 Å². The average Bonchev–Trinajstić information content (AvgIpc) is 2.66. The van der Waals surface area contributed by atoms with E-state index in [1.165, 1.54) is 0 Å². The Bertz CT molecular complexity index is 913. The minimum atomic E-state index is -1.62. The molecular formula is C25H35N3O2. The lowest BCUT2D eigenvalue weighted by Gasteiger charge is -2.40. The van der Waals surface area contributed by atoms with Crippen molar-refractivity contribution < 1.29 is 10.2 Å². The fraction of sp³-hybridized carbons (Fsp3) is 0.520. The smallest absolute Gasteiger partial charge is 0.114 e. The van der Waals surface area contributed by atoms with Crippen molar-refractivity contribution in [2.75, 3.05) is 0 Å². The molecule has 2 rings (SSSR count). The van der Waals surface area contributed by atoms with E-state index in [2.05, 4.69) is 51.6 Å². The Morgan fingerprint density at radius 3 is 1.37 bits per heavy atom. The number of rotatable bonds is 5. The molecule has 0 aliphatic heterocycles. The second-order valence-electron chi connectivity index (χ2n) is 10.5. The minimum Gasteiger partial charge on any atom is -0.389 e. The first-order valence-corrected chi connectivity index (χ1v) is 10.3. The van der Waals surface area contributed by atoms with Crippen molar-refractivity contribution in [3.05, 3.63) is 81.2 Å². The van der Waals surface area contributed by atoms with Gasteiger partial charge in [0, 0.05) is 4.91 Å². The molecule has 2 N–H and O–H groups in total. The molecule has 0 aromatic heterocycles. The van der Waals surface area contributed by atoms with Crippen LogP contribution in [0.25, 0.3) is 10.4 Å². The lowest BCUT2D eigenvalue weighted by atomic mass is 9.74. The fourth-order valence-corrected chi connectivity index (χ4v) is 3.68. The van der Waals surface area contributed by atoms with Crippen molar-refractivity contribution >= 4 is 0 Å². The second-order valence-corrected chi connectivity index (χ2v) is 10.5. The predicted molar refractivity (Wildman–Crippen MR) is 122 cm³/mol. The van der Waals surface area contributed by atoms with Gasteiger partial charge in [-0.15, -0.1) is 0 Å². The summed E-state index contributed by atoms with van der Waals surface area (Å²) in [5, 5.41) is 26.5. The highest BCUT2D eigenvalue weighted by Crippen LogP contribution is 2.40. The van der Waals surface area contributed by atoms with E-state index >= 15 is 0 Å². The van der Waals surface area contributed by atoms with Crippen LogP contribution in [0.1, 0.15) is 77.6 Å². The van der Waals surface area contributed by atoms with Crippen molar-refractivity contribution in [2.45, 2.75) is 83.5 Å². The van der Waals surface area contributed by atoms with Gasteiger partial charge in [0.2, 0.25) is 0 Å². The quantitative estimate of drug-likeness (QED) is 0.356. The molecule has 162 valence electrons. The van der Waals surface area contributed by atoms with E-state index in [4.69, 9.17) is 0 Å². The third-order valence-corrected chi connectivity index (χ3v) is 5.99. The van der Waals surface area contributed by atoms with Gasteiger partial charge in [-0.05, 0) is 52.5 Å². The van der Waals surface area contributed by atoms with Crippen molar-refractivity contribution in [3.8, 4) is 0 Å². The van der Waals surface area contributed by atoms with Gasteiger partial charge in [0.05, 0.1) is 5.54 Å². The van der Waals surface area contributed by atoms with Crippen molar-refractivity contribution in [1.82, 2.24) is 0 Å². The van der Waals surface area contributed by atoms with E-state index in [9.17, 15) is 15.7 Å². The van der Waals surface area contributed by atoms with Crippen molar-refractivity contribution in [3.63, 3.8) is 0 Å². The molecule has 5 heteroatoms. The van der Waals surface area contributed by atoms with E-state index < -0.39 is 17.2 Å². The molecule has 0 aliphatic rings. The van der Waals surface area contributed by atoms with Gasteiger partial charge >= 0.3 is 0 Å². The van der Waals surface area contributed by atoms with Gasteiger partial charge in [-0.2, -0.15) is 0 Å². The zero-order chi connectivity index (χ0) is 23.0. The molecule has 3 atom stereocenters. The fourth-order valence-electron chi connectivity index (χ4n) is 3.68. The normalized spacial score (nSPS) is 17.4. The summed E-state index contributed by atoms with van der Waals surface area (Å²) in [6.07, 6.45) is -1.36. The van der Waals surface area contributed by atoms with Crippen LogP contribution in [0, 0.1) is 0 Å². The Hall–Kier alpha value is -2.33. The number of aliphatic hydroxyl groups is 2. The molecule has 0 saturated carbocycles. The molecular weight excluding hydrogens is 374 g/mol. The zero-order valence-electron chi connectivity index (χ0n) is 19.4. The summed E-state index contributed by atoms with van der Waals surface area (Å²) in [7, 11) is 0. The Morgan fingerprint density at radius 1 is 0.700 bits per heavy atom. The molecule has 30 heavy (non-hydrogen) atoms. The number of aliphatic hydroxyl groups excluding tert-OH is 1. The van der Waals surface area contributed by atoms with E-state index in [0.717, 1.165) is 11.1 Å². The maximum absolute atomic E-state index is 11.3. The predicted octanol–water partition coefficient (Wildman–Crippen LogP) is 6.08. The molecule has 0 bridgehead atoms. The van der Waals surface area contributed by atoms with Crippen LogP contribution in [0.3, 0.4) is 0 Å². The molecule has 0 fully saturated rings. The SMILES string of the molecule is CC(C)(C)c1ccc([C@](C)(O)[C@@H](O)[C@@](C)(N=[N+]=[N-])c2ccc(C(C)(C)C)cc2)cc1. The molecule has 0 heterocycles. The molecule has 0 spiro atoms. The Balaban J connectivity index is 2.48. The third-order valence-electron chi connectivity index (χ3n) is 5.99. The Morgan fingerprint density at radius 2 is 1.03 bits per heavy atom. The van der Waals surface area contributed by atoms with Gasteiger partial charge in [0.1, 0.15) is 11.7 Å². The average molecular weight is 410 g/mol. The number of benzene rings is 2. The molecule has 0 saturated heterocycles. The molecule has 0 amide bonds. The molecule has 2 aromatic carbocycles. The van der Waals surface area contributed by atoms with Crippen LogP contribution in [-0.4, -0.2) is 16.3 Å². The molecule has 0 aliphatic carbocycles. The highest BCUT2D eigenvalue weighted by Gasteiger charge is 2.46. The summed E-state index contributed by atoms with van der Waals surface area (Å²) < 4.78 is 0. The topological polar surface area (TPSA) is 89.2 Å². The maximum Gasteiger partial charge on any atom is 0.114 e. The van der Waals surface area contributed by atoms with Gasteiger partial charge in [-0.1, -0.05) is 95.2 Å². The maximum atomic E-state index is 11.3. The minimum absolute atomic E-state index is 0.0164. The monoisotopic (exact) mass is 409 g/mol. The van der Waals surface area contributed by atoms with Gasteiger partial charge in [0.25, 0.3) is 0 Å². The van der Waals surface area contributed by atoms with Crippen LogP contribution in [0.2, 0.25) is 0 Å². The first-order chi connectivity index (χ1) is 13.6. The van der Waals surface area contributed by atoms with Crippen LogP contribution < -0.4 is 0 Å². The largest absolute Gasteiger partial charge is 0.389 e. The van der Waals surface area contributed by atoms with Gasteiger partial charge in [-0.3, -0.25) is 0 Å². The number of hydrogen-bond acceptors (Lipinski definition) is 3. The molecule has 0 unspecified atom stereocenters. The number of hydrogen-bond donors (Lipinski definition) is 2. The summed E-state index contributed by atoms with van der Waals surface area (Å²) in [6, 6.07) is 15.2. The van der Waals surface area contributed by atoms with E-state index in [0.29, 0.717) is 11.1 Å². The molecule has 0 radical (unpaired) electrons. The Kier molecular flexibility index (Phi) is 6.44. The van der Waals surface area contributed by atoms with Crippen LogP contribution in [0.15, 0.2) is 53.6 Å². The van der Waals surface area contributed by atoms with E-state index in [1.54, 1.807) is 13.8 Å². The first-order valence-electron chi connectivity index (χ1n) is 10.3. The van der Waals surface area contributed by atoms with E-state index in [1.807, 2.05) is 48.5 Å². The zero-order valence-corrected chi connectivity index (χ0v) is 19.4. The first kappa shape index (κ1) is 23.9. The van der Waals surface area contributed by atoms with Gasteiger partial charge < -0.3 is 10.2 Å². The van der Waals surface area contributed by atoms with Crippen molar-refractivity contribution in [1.29, 1.82) is 0 Å². The van der Waals surface area contributed by atoms with Crippen LogP contribution >= 0.6 is 0 Å². The highest BCUT2D eigenvalue weighted by molar-refractivity contribution is 5.36. The highest BCUT2D eigenvalue weighted by atomic mass is 16.3. The summed E-state index contributed by atoms with van der Waals surface area (Å²) in [5.74, 6) is 0. The summed E-state index contributed by atoms with van der Waals surface area (Å²) in [5.41, 5.74) is 9.69. The standard InChI is InChI=1S/C25H35N3O2/c1-22(2,3)17-9-13-19(14-10-17)24(7,27-28-26)21(29)25(8,30)20-15-11-18(12-16-20)23(4,5)6/h9-16,21,29-30H,1-8H3/t21-,24-,25-/m0/s1. The van der Waals surface area contributed by atoms with Gasteiger partial charge in [-0.25, -0.2) is 0 Å². The number of azide groups is 1. The lowest BCUT2D eigenvalue weighted by Crippen LogP contribution is -2.49. The van der Waals surface area contributed by atoms with Crippen molar-refractivity contribution in [2.24, 2.45) is 5.11 Å². The summed E-state index contributed by atoms with van der Waals surface area (Å²) >= 11 is 0. The third kappa shape index (κ3) is 4.70. The molecule has 5 nitrogen and oxygen atoms in total. The van der Waals surface area contributed by atoms with Crippen LogP contribution in [0.5, 0.6) is 0 Å². The summed E-state index contributed by atoms with van der Waals surface area (Å²) in [4.78, 5) is 2.98. The van der Waals surface area contributed by atoms with E-state index in [-0.39, 0.29) is 10.8 Å². The van der Waals surface area contributed by atoms with Gasteiger partial charge in [0.15, 0.2) is 0 Å². The number of nitrogens with zero attached hydrogens (tertiary/aromatic N) is 3. The summed E-state index contributed by atoms with van der Waals surface area (Å²) in [6.45, 7) is 15.9. The van der Waals surface area contributed by atoms with Crippen LogP contribution in [0.4, 0.5) is 0 Å². The second kappa shape index (κ2) is 8.07. The lowest BCUT2D eigenvalue weighted by molar-refractivity contribution is -0.101. The molecule has 2 aromatic rings. The Labute approximate surface area is 180 Å².